The molecule has 5 saturated carbocycles. The molecule has 3 heteroatoms. The molecule has 5 aliphatic rings. The van der Waals surface area contributed by atoms with Crippen LogP contribution in [0.4, 0.5) is 0 Å². The predicted octanol–water partition coefficient (Wildman–Crippen LogP) is 6.58. The molecule has 0 bridgehead atoms. The Morgan fingerprint density at radius 1 is 0.647 bits per heavy atom. The van der Waals surface area contributed by atoms with Gasteiger partial charge in [0, 0.05) is 12.0 Å². The molecule has 0 aromatic rings. The van der Waals surface area contributed by atoms with Crippen molar-refractivity contribution >= 4 is 0 Å². The molecule has 5 rings (SSSR count). The highest BCUT2D eigenvalue weighted by Crippen LogP contribution is 2.79. The zero-order valence-corrected chi connectivity index (χ0v) is 23.5. The number of hydrogen-bond acceptors (Lipinski definition) is 3. The summed E-state index contributed by atoms with van der Waals surface area (Å²) in [4.78, 5) is 0. The van der Waals surface area contributed by atoms with Gasteiger partial charge in [0.2, 0.25) is 0 Å². The second-order valence-corrected chi connectivity index (χ2v) is 16.3. The normalized spacial score (nSPS) is 58.1. The Kier molecular flexibility index (Phi) is 5.44. The smallest absolute Gasteiger partial charge is 0.0605 e. The molecule has 3 N–H and O–H groups in total. The van der Waals surface area contributed by atoms with Crippen LogP contribution in [-0.2, 0) is 0 Å². The lowest BCUT2D eigenvalue weighted by Crippen LogP contribution is -2.73. The van der Waals surface area contributed by atoms with E-state index >= 15 is 0 Å². The van der Waals surface area contributed by atoms with E-state index < -0.39 is 0 Å². The molecule has 0 amide bonds. The second-order valence-electron chi connectivity index (χ2n) is 16.3. The van der Waals surface area contributed by atoms with Gasteiger partial charge in [-0.2, -0.15) is 0 Å². The summed E-state index contributed by atoms with van der Waals surface area (Å²) in [6.45, 7) is 19.7. The van der Waals surface area contributed by atoms with Crippen LogP contribution in [0.1, 0.15) is 120 Å². The molecule has 196 valence electrons. The summed E-state index contributed by atoms with van der Waals surface area (Å²) in [6, 6.07) is 0. The number of aliphatic hydroxyl groups is 3. The van der Waals surface area contributed by atoms with Crippen LogP contribution < -0.4 is 0 Å². The first kappa shape index (κ1) is 25.5. The molecule has 10 unspecified atom stereocenters. The SMILES string of the molecule is CC1(C)CCC2(CO)CCC3C4(C)CCC5C(C)(C)C(O)CCC5(C)C4CC(O)C3(C)C2(C)C1. The molecule has 0 spiro atoms. The maximum Gasteiger partial charge on any atom is 0.0605 e. The molecular formula is C31H54O3. The van der Waals surface area contributed by atoms with Crippen LogP contribution in [0.5, 0.6) is 0 Å². The van der Waals surface area contributed by atoms with E-state index in [-0.39, 0.29) is 56.7 Å². The summed E-state index contributed by atoms with van der Waals surface area (Å²) in [5, 5.41) is 34.1. The van der Waals surface area contributed by atoms with Crippen LogP contribution in [0.3, 0.4) is 0 Å². The Morgan fingerprint density at radius 2 is 1.24 bits per heavy atom. The molecule has 0 heterocycles. The monoisotopic (exact) mass is 474 g/mol. The maximum absolute atomic E-state index is 12.3. The standard InChI is InChI=1S/C31H54O3/c1-25(2)15-16-31(19-32)14-10-21-28(6)12-9-20-26(3,4)23(33)11-13-27(20,5)22(28)17-24(34)30(21,8)29(31,7)18-25/h20-24,32-34H,9-19H2,1-8H3. The second kappa shape index (κ2) is 7.25. The Morgan fingerprint density at radius 3 is 1.88 bits per heavy atom. The van der Waals surface area contributed by atoms with E-state index in [9.17, 15) is 15.3 Å². The van der Waals surface area contributed by atoms with Gasteiger partial charge >= 0.3 is 0 Å². The Balaban J connectivity index is 1.61. The third kappa shape index (κ3) is 2.82. The largest absolute Gasteiger partial charge is 0.396 e. The minimum Gasteiger partial charge on any atom is -0.396 e. The fraction of sp³-hybridized carbons (Fsp3) is 1.00. The molecule has 34 heavy (non-hydrogen) atoms. The Labute approximate surface area is 209 Å². The van der Waals surface area contributed by atoms with Crippen LogP contribution in [0, 0.1) is 55.7 Å². The van der Waals surface area contributed by atoms with Crippen LogP contribution in [0.2, 0.25) is 0 Å². The molecule has 0 aromatic carbocycles. The highest BCUT2D eigenvalue weighted by atomic mass is 16.3. The van der Waals surface area contributed by atoms with E-state index in [0.29, 0.717) is 17.8 Å². The summed E-state index contributed by atoms with van der Waals surface area (Å²) in [7, 11) is 0. The first-order valence-electron chi connectivity index (χ1n) is 14.5. The van der Waals surface area contributed by atoms with Crippen molar-refractivity contribution < 1.29 is 15.3 Å². The number of rotatable bonds is 1. The average molecular weight is 475 g/mol. The minimum atomic E-state index is -0.328. The number of hydrogen-bond donors (Lipinski definition) is 3. The van der Waals surface area contributed by atoms with Crippen molar-refractivity contribution in [1.82, 2.24) is 0 Å². The van der Waals surface area contributed by atoms with E-state index in [1.54, 1.807) is 0 Å². The van der Waals surface area contributed by atoms with Gasteiger partial charge in [0.05, 0.1) is 12.2 Å². The zero-order valence-electron chi connectivity index (χ0n) is 23.5. The van der Waals surface area contributed by atoms with Gasteiger partial charge in [-0.05, 0) is 114 Å². The molecule has 10 atom stereocenters. The molecular weight excluding hydrogens is 420 g/mol. The van der Waals surface area contributed by atoms with E-state index in [1.165, 1.54) is 19.3 Å². The number of aliphatic hydroxyl groups excluding tert-OH is 3. The average Bonchev–Trinajstić information content (AvgIpc) is 2.73. The Bertz CT molecular complexity index is 835. The molecule has 0 aromatic heterocycles. The third-order valence-electron chi connectivity index (χ3n) is 14.4. The molecule has 3 nitrogen and oxygen atoms in total. The van der Waals surface area contributed by atoms with Crippen LogP contribution in [0.15, 0.2) is 0 Å². The first-order chi connectivity index (χ1) is 15.5. The lowest BCUT2D eigenvalue weighted by atomic mass is 9.28. The summed E-state index contributed by atoms with van der Waals surface area (Å²) in [5.41, 5.74) is 0.285. The van der Waals surface area contributed by atoms with E-state index in [4.69, 9.17) is 0 Å². The van der Waals surface area contributed by atoms with Crippen molar-refractivity contribution in [3.63, 3.8) is 0 Å². The Hall–Kier alpha value is -0.120. The fourth-order valence-electron chi connectivity index (χ4n) is 12.3. The molecule has 0 aliphatic heterocycles. The van der Waals surface area contributed by atoms with Gasteiger partial charge in [-0.3, -0.25) is 0 Å². The first-order valence-corrected chi connectivity index (χ1v) is 14.5. The van der Waals surface area contributed by atoms with E-state index in [2.05, 4.69) is 55.4 Å². The summed E-state index contributed by atoms with van der Waals surface area (Å²) in [6.07, 6.45) is 10.4. The highest BCUT2D eigenvalue weighted by Gasteiger charge is 2.75. The molecule has 5 aliphatic carbocycles. The zero-order chi connectivity index (χ0) is 25.2. The van der Waals surface area contributed by atoms with Gasteiger partial charge in [-0.1, -0.05) is 55.4 Å². The third-order valence-corrected chi connectivity index (χ3v) is 14.4. The lowest BCUT2D eigenvalue weighted by molar-refractivity contribution is -0.310. The summed E-state index contributed by atoms with van der Waals surface area (Å²) in [5.74, 6) is 1.50. The van der Waals surface area contributed by atoms with Crippen LogP contribution in [-0.4, -0.2) is 34.1 Å². The maximum atomic E-state index is 12.3. The highest BCUT2D eigenvalue weighted by molar-refractivity contribution is 5.23. The van der Waals surface area contributed by atoms with E-state index in [1.807, 2.05) is 0 Å². The fourth-order valence-corrected chi connectivity index (χ4v) is 12.3. The van der Waals surface area contributed by atoms with Gasteiger partial charge in [-0.25, -0.2) is 0 Å². The molecule has 0 saturated heterocycles. The summed E-state index contributed by atoms with van der Waals surface area (Å²) >= 11 is 0. The van der Waals surface area contributed by atoms with Gasteiger partial charge in [-0.15, -0.1) is 0 Å². The van der Waals surface area contributed by atoms with Gasteiger partial charge in [0.15, 0.2) is 0 Å². The number of fused-ring (bicyclic) bond motifs is 7. The van der Waals surface area contributed by atoms with Crippen molar-refractivity contribution in [2.24, 2.45) is 55.7 Å². The molecule has 5 fully saturated rings. The predicted molar refractivity (Wildman–Crippen MR) is 138 cm³/mol. The van der Waals surface area contributed by atoms with Crippen molar-refractivity contribution in [3.05, 3.63) is 0 Å². The van der Waals surface area contributed by atoms with Gasteiger partial charge in [0.1, 0.15) is 0 Å². The quantitative estimate of drug-likeness (QED) is 0.402. The summed E-state index contributed by atoms with van der Waals surface area (Å²) < 4.78 is 0. The molecule has 0 radical (unpaired) electrons. The van der Waals surface area contributed by atoms with Crippen molar-refractivity contribution in [1.29, 1.82) is 0 Å². The van der Waals surface area contributed by atoms with Crippen LogP contribution in [0.25, 0.3) is 0 Å². The minimum absolute atomic E-state index is 0.0575. The van der Waals surface area contributed by atoms with Crippen molar-refractivity contribution in [3.8, 4) is 0 Å². The van der Waals surface area contributed by atoms with E-state index in [0.717, 1.165) is 44.9 Å². The lowest BCUT2D eigenvalue weighted by Gasteiger charge is -2.77. The van der Waals surface area contributed by atoms with Crippen molar-refractivity contribution in [2.75, 3.05) is 6.61 Å². The van der Waals surface area contributed by atoms with Gasteiger partial charge < -0.3 is 15.3 Å². The van der Waals surface area contributed by atoms with Gasteiger partial charge in [0.25, 0.3) is 0 Å². The topological polar surface area (TPSA) is 60.7 Å². The van der Waals surface area contributed by atoms with Crippen LogP contribution >= 0.6 is 0 Å². The van der Waals surface area contributed by atoms with Crippen molar-refractivity contribution in [2.45, 2.75) is 132 Å².